The lowest BCUT2D eigenvalue weighted by atomic mass is 10.2. The number of hydrogen-bond donors (Lipinski definition) is 1. The lowest BCUT2D eigenvalue weighted by Gasteiger charge is -2.07. The number of alkyl halides is 1. The minimum Gasteiger partial charge on any atom is -0.456 e. The molecule has 94 valence electrons. The molecule has 1 aromatic heterocycles. The molecule has 0 bridgehead atoms. The second kappa shape index (κ2) is 5.74. The summed E-state index contributed by atoms with van der Waals surface area (Å²) >= 11 is 5.81. The van der Waals surface area contributed by atoms with Gasteiger partial charge in [-0.1, -0.05) is 25.1 Å². The molecule has 0 fully saturated rings. The molecule has 0 unspecified atom stereocenters. The van der Waals surface area contributed by atoms with Crippen LogP contribution in [0.2, 0.25) is 0 Å². The minimum absolute atomic E-state index is 0.257. The van der Waals surface area contributed by atoms with E-state index in [1.807, 2.05) is 37.3 Å². The molecule has 0 radical (unpaired) electrons. The Labute approximate surface area is 111 Å². The van der Waals surface area contributed by atoms with Gasteiger partial charge in [0, 0.05) is 18.0 Å². The fraction of sp³-hybridized carbons (Fsp3) is 0.214. The van der Waals surface area contributed by atoms with E-state index in [0.29, 0.717) is 17.3 Å². The van der Waals surface area contributed by atoms with Crippen LogP contribution < -0.4 is 5.32 Å². The molecule has 0 atom stereocenters. The van der Waals surface area contributed by atoms with E-state index in [0.717, 1.165) is 17.7 Å². The Morgan fingerprint density at radius 3 is 2.72 bits per heavy atom. The van der Waals surface area contributed by atoms with Crippen LogP contribution in [-0.2, 0) is 12.3 Å². The number of anilines is 1. The monoisotopic (exact) mass is 263 g/mol. The van der Waals surface area contributed by atoms with Gasteiger partial charge in [-0.2, -0.15) is 0 Å². The maximum absolute atomic E-state index is 12.0. The van der Waals surface area contributed by atoms with Gasteiger partial charge in [0.2, 0.25) is 0 Å². The van der Waals surface area contributed by atoms with E-state index >= 15 is 0 Å². The summed E-state index contributed by atoms with van der Waals surface area (Å²) in [6.45, 7) is 1.98. The molecule has 1 N–H and O–H groups in total. The van der Waals surface area contributed by atoms with Gasteiger partial charge in [0.1, 0.15) is 5.76 Å². The van der Waals surface area contributed by atoms with E-state index in [-0.39, 0.29) is 5.91 Å². The maximum Gasteiger partial charge on any atom is 0.291 e. The summed E-state index contributed by atoms with van der Waals surface area (Å²) in [4.78, 5) is 12.0. The summed E-state index contributed by atoms with van der Waals surface area (Å²) in [5.41, 5.74) is 1.60. The molecular formula is C14H14ClNO2. The van der Waals surface area contributed by atoms with Crippen LogP contribution in [0.15, 0.2) is 40.8 Å². The largest absolute Gasteiger partial charge is 0.456 e. The van der Waals surface area contributed by atoms with E-state index in [9.17, 15) is 4.79 Å². The van der Waals surface area contributed by atoms with Crippen LogP contribution in [0.3, 0.4) is 0 Å². The Morgan fingerprint density at radius 2 is 2.06 bits per heavy atom. The standard InChI is InChI=1S/C14H14ClNO2/c1-2-11-7-8-13(18-11)14(17)16-12-6-4-3-5-10(12)9-15/h3-8H,2,9H2,1H3,(H,16,17). The number of amides is 1. The van der Waals surface area contributed by atoms with Crippen LogP contribution >= 0.6 is 11.6 Å². The highest BCUT2D eigenvalue weighted by Gasteiger charge is 2.12. The predicted octanol–water partition coefficient (Wildman–Crippen LogP) is 3.83. The molecule has 3 nitrogen and oxygen atoms in total. The molecule has 1 amide bonds. The molecule has 4 heteroatoms. The van der Waals surface area contributed by atoms with Crippen molar-refractivity contribution in [2.45, 2.75) is 19.2 Å². The summed E-state index contributed by atoms with van der Waals surface area (Å²) in [5.74, 6) is 1.21. The first-order valence-corrected chi connectivity index (χ1v) is 6.32. The number of furan rings is 1. The summed E-state index contributed by atoms with van der Waals surface area (Å²) in [6, 6.07) is 10.9. The smallest absolute Gasteiger partial charge is 0.291 e. The molecule has 0 aliphatic carbocycles. The highest BCUT2D eigenvalue weighted by molar-refractivity contribution is 6.17. The number of nitrogens with one attached hydrogen (secondary N) is 1. The quantitative estimate of drug-likeness (QED) is 0.852. The van der Waals surface area contributed by atoms with Crippen LogP contribution in [0.4, 0.5) is 5.69 Å². The molecule has 1 aromatic carbocycles. The SMILES string of the molecule is CCc1ccc(C(=O)Nc2ccccc2CCl)o1. The van der Waals surface area contributed by atoms with Gasteiger partial charge in [-0.15, -0.1) is 11.6 Å². The highest BCUT2D eigenvalue weighted by Crippen LogP contribution is 2.18. The molecule has 2 rings (SSSR count). The van der Waals surface area contributed by atoms with Crippen molar-refractivity contribution in [3.8, 4) is 0 Å². The Balaban J connectivity index is 2.16. The lowest BCUT2D eigenvalue weighted by molar-refractivity contribution is 0.0995. The molecule has 0 saturated carbocycles. The maximum atomic E-state index is 12.0. The fourth-order valence-corrected chi connectivity index (χ4v) is 1.87. The molecular weight excluding hydrogens is 250 g/mol. The van der Waals surface area contributed by atoms with Gasteiger partial charge in [-0.05, 0) is 23.8 Å². The number of hydrogen-bond acceptors (Lipinski definition) is 2. The molecule has 18 heavy (non-hydrogen) atoms. The van der Waals surface area contributed by atoms with Crippen LogP contribution in [-0.4, -0.2) is 5.91 Å². The zero-order valence-electron chi connectivity index (χ0n) is 10.1. The van der Waals surface area contributed by atoms with Gasteiger partial charge < -0.3 is 9.73 Å². The number of aryl methyl sites for hydroxylation is 1. The first kappa shape index (κ1) is 12.7. The van der Waals surface area contributed by atoms with Crippen molar-refractivity contribution in [2.75, 3.05) is 5.32 Å². The van der Waals surface area contributed by atoms with Crippen LogP contribution in [0, 0.1) is 0 Å². The zero-order chi connectivity index (χ0) is 13.0. The van der Waals surface area contributed by atoms with E-state index < -0.39 is 0 Å². The van der Waals surface area contributed by atoms with Crippen molar-refractivity contribution in [3.63, 3.8) is 0 Å². The van der Waals surface area contributed by atoms with Crippen LogP contribution in [0.1, 0.15) is 28.8 Å². The Hall–Kier alpha value is -1.74. The third kappa shape index (κ3) is 2.74. The number of rotatable bonds is 4. The van der Waals surface area contributed by atoms with Crippen LogP contribution in [0.5, 0.6) is 0 Å². The molecule has 0 spiro atoms. The number of para-hydroxylation sites is 1. The van der Waals surface area contributed by atoms with Gasteiger partial charge in [0.15, 0.2) is 5.76 Å². The third-order valence-corrected chi connectivity index (χ3v) is 2.93. The molecule has 2 aromatic rings. The Kier molecular flexibility index (Phi) is 4.05. The van der Waals surface area contributed by atoms with E-state index in [1.165, 1.54) is 0 Å². The number of carbonyl (C=O) groups is 1. The van der Waals surface area contributed by atoms with Crippen molar-refractivity contribution >= 4 is 23.2 Å². The topological polar surface area (TPSA) is 42.2 Å². The second-order valence-corrected chi connectivity index (χ2v) is 4.13. The third-order valence-electron chi connectivity index (χ3n) is 2.64. The van der Waals surface area contributed by atoms with Crippen molar-refractivity contribution < 1.29 is 9.21 Å². The number of benzene rings is 1. The molecule has 0 aliphatic rings. The average Bonchev–Trinajstić information content (AvgIpc) is 2.88. The van der Waals surface area contributed by atoms with Gasteiger partial charge in [-0.25, -0.2) is 0 Å². The first-order chi connectivity index (χ1) is 8.74. The summed E-state index contributed by atoms with van der Waals surface area (Å²) < 4.78 is 5.40. The van der Waals surface area contributed by atoms with Gasteiger partial charge in [-0.3, -0.25) is 4.79 Å². The Morgan fingerprint density at radius 1 is 1.28 bits per heavy atom. The van der Waals surface area contributed by atoms with Crippen molar-refractivity contribution in [1.29, 1.82) is 0 Å². The van der Waals surface area contributed by atoms with E-state index in [2.05, 4.69) is 5.32 Å². The summed E-state index contributed by atoms with van der Waals surface area (Å²) in [6.07, 6.45) is 0.769. The molecule has 1 heterocycles. The van der Waals surface area contributed by atoms with Crippen molar-refractivity contribution in [1.82, 2.24) is 0 Å². The number of carbonyl (C=O) groups excluding carboxylic acids is 1. The van der Waals surface area contributed by atoms with E-state index in [4.69, 9.17) is 16.0 Å². The van der Waals surface area contributed by atoms with Crippen molar-refractivity contribution in [2.24, 2.45) is 0 Å². The second-order valence-electron chi connectivity index (χ2n) is 3.86. The van der Waals surface area contributed by atoms with Gasteiger partial charge in [0.25, 0.3) is 5.91 Å². The normalized spacial score (nSPS) is 10.3. The Bertz CT molecular complexity index is 548. The zero-order valence-corrected chi connectivity index (χ0v) is 10.8. The van der Waals surface area contributed by atoms with Crippen molar-refractivity contribution in [3.05, 3.63) is 53.5 Å². The number of halogens is 1. The predicted molar refractivity (Wildman–Crippen MR) is 72.0 cm³/mol. The average molecular weight is 264 g/mol. The van der Waals surface area contributed by atoms with Gasteiger partial charge >= 0.3 is 0 Å². The summed E-state index contributed by atoms with van der Waals surface area (Å²) in [5, 5.41) is 2.80. The summed E-state index contributed by atoms with van der Waals surface area (Å²) in [7, 11) is 0. The first-order valence-electron chi connectivity index (χ1n) is 5.78. The molecule has 0 saturated heterocycles. The minimum atomic E-state index is -0.257. The van der Waals surface area contributed by atoms with E-state index in [1.54, 1.807) is 6.07 Å². The lowest BCUT2D eigenvalue weighted by Crippen LogP contribution is -2.12. The van der Waals surface area contributed by atoms with Crippen LogP contribution in [0.25, 0.3) is 0 Å². The highest BCUT2D eigenvalue weighted by atomic mass is 35.5. The van der Waals surface area contributed by atoms with Gasteiger partial charge in [0.05, 0.1) is 0 Å². The molecule has 0 aliphatic heterocycles. The fourth-order valence-electron chi connectivity index (χ4n) is 1.63.